The van der Waals surface area contributed by atoms with Gasteiger partial charge in [-0.05, 0) is 43.0 Å². The lowest BCUT2D eigenvalue weighted by Gasteiger charge is -2.29. The Morgan fingerprint density at radius 2 is 1.57 bits per heavy atom. The van der Waals surface area contributed by atoms with E-state index in [2.05, 4.69) is 54.5 Å². The Bertz CT molecular complexity index is 429. The van der Waals surface area contributed by atoms with Crippen LogP contribution < -0.4 is 0 Å². The first-order valence-electron chi connectivity index (χ1n) is 9.06. The van der Waals surface area contributed by atoms with Crippen molar-refractivity contribution in [2.24, 2.45) is 11.3 Å². The van der Waals surface area contributed by atoms with Crippen LogP contribution in [-0.2, 0) is 9.22 Å². The molecule has 1 atom stereocenters. The first-order valence-corrected chi connectivity index (χ1v) is 11.6. The molecule has 3 heteroatoms. The molecule has 0 unspecified atom stereocenters. The molecule has 134 valence electrons. The van der Waals surface area contributed by atoms with E-state index < -0.39 is 8.32 Å². The van der Waals surface area contributed by atoms with Gasteiger partial charge in [0, 0.05) is 12.5 Å². The van der Waals surface area contributed by atoms with Crippen LogP contribution in [0.1, 0.15) is 62.3 Å². The predicted octanol–water partition coefficient (Wildman–Crippen LogP) is 6.15. The van der Waals surface area contributed by atoms with Crippen LogP contribution in [0.5, 0.6) is 0 Å². The fraction of sp³-hybridized carbons (Fsp3) is 0.750. The van der Waals surface area contributed by atoms with Gasteiger partial charge in [0.15, 0.2) is 14.1 Å². The molecule has 0 rings (SSSR count). The highest BCUT2D eigenvalue weighted by Crippen LogP contribution is 2.23. The zero-order chi connectivity index (χ0) is 18.3. The molecule has 0 fully saturated rings. The number of ketones is 1. The SMILES string of the molecule is CC[Si](CC)(CC)OC[C@@H](C)C(=O)/C(C)=C/C(C)=C/C(C)(C)C. The first kappa shape index (κ1) is 22.3. The number of Topliss-reactive ketones (excluding diaryl/α,β-unsaturated/α-hetero) is 1. The highest BCUT2D eigenvalue weighted by molar-refractivity contribution is 6.73. The fourth-order valence-corrected chi connectivity index (χ4v) is 5.68. The maximum Gasteiger partial charge on any atom is 0.192 e. The molecule has 0 aliphatic rings. The molecule has 0 radical (unpaired) electrons. The van der Waals surface area contributed by atoms with E-state index in [1.54, 1.807) is 0 Å². The Hall–Kier alpha value is -0.673. The lowest BCUT2D eigenvalue weighted by atomic mass is 9.92. The van der Waals surface area contributed by atoms with Crippen molar-refractivity contribution in [2.45, 2.75) is 80.4 Å². The zero-order valence-corrected chi connectivity index (χ0v) is 17.9. The highest BCUT2D eigenvalue weighted by atomic mass is 28.4. The smallest absolute Gasteiger partial charge is 0.192 e. The van der Waals surface area contributed by atoms with Gasteiger partial charge in [-0.25, -0.2) is 0 Å². The van der Waals surface area contributed by atoms with E-state index in [1.165, 1.54) is 0 Å². The van der Waals surface area contributed by atoms with Crippen molar-refractivity contribution in [3.05, 3.63) is 23.3 Å². The Morgan fingerprint density at radius 3 is 1.96 bits per heavy atom. The van der Waals surface area contributed by atoms with Gasteiger partial charge in [0.05, 0.1) is 0 Å². The number of carbonyl (C=O) groups is 1. The quantitative estimate of drug-likeness (QED) is 0.286. The van der Waals surface area contributed by atoms with Gasteiger partial charge in [0.2, 0.25) is 0 Å². The normalized spacial score (nSPS) is 15.7. The summed E-state index contributed by atoms with van der Waals surface area (Å²) in [7, 11) is -1.61. The largest absolute Gasteiger partial charge is 0.416 e. The molecule has 0 heterocycles. The molecule has 23 heavy (non-hydrogen) atoms. The molecule has 0 aliphatic carbocycles. The zero-order valence-electron chi connectivity index (χ0n) is 16.9. The van der Waals surface area contributed by atoms with Gasteiger partial charge in [-0.1, -0.05) is 66.2 Å². The van der Waals surface area contributed by atoms with Crippen LogP contribution in [-0.4, -0.2) is 20.7 Å². The van der Waals surface area contributed by atoms with E-state index in [1.807, 2.05) is 19.9 Å². The Labute approximate surface area is 145 Å². The van der Waals surface area contributed by atoms with Crippen LogP contribution >= 0.6 is 0 Å². The summed E-state index contributed by atoms with van der Waals surface area (Å²) in [6.45, 7) is 19.7. The Kier molecular flexibility index (Phi) is 9.30. The van der Waals surface area contributed by atoms with E-state index >= 15 is 0 Å². The van der Waals surface area contributed by atoms with E-state index in [4.69, 9.17) is 4.43 Å². The molecule has 0 aliphatic heterocycles. The maximum atomic E-state index is 12.6. The van der Waals surface area contributed by atoms with E-state index in [9.17, 15) is 4.79 Å². The van der Waals surface area contributed by atoms with Gasteiger partial charge in [0.25, 0.3) is 0 Å². The summed E-state index contributed by atoms with van der Waals surface area (Å²) >= 11 is 0. The summed E-state index contributed by atoms with van der Waals surface area (Å²) < 4.78 is 6.27. The second-order valence-corrected chi connectivity index (χ2v) is 12.7. The van der Waals surface area contributed by atoms with Crippen molar-refractivity contribution >= 4 is 14.1 Å². The third-order valence-electron chi connectivity index (χ3n) is 4.51. The molecular weight excluding hydrogens is 300 g/mol. The highest BCUT2D eigenvalue weighted by Gasteiger charge is 2.30. The van der Waals surface area contributed by atoms with Crippen LogP contribution in [0.2, 0.25) is 18.1 Å². The van der Waals surface area contributed by atoms with Gasteiger partial charge < -0.3 is 4.43 Å². The van der Waals surface area contributed by atoms with E-state index in [-0.39, 0.29) is 17.1 Å². The summed E-state index contributed by atoms with van der Waals surface area (Å²) in [5.74, 6) is 0.142. The summed E-state index contributed by atoms with van der Waals surface area (Å²) in [5.41, 5.74) is 2.11. The number of hydrogen-bond acceptors (Lipinski definition) is 2. The standard InChI is InChI=1S/C20H38O2Si/c1-10-23(11-2,12-3)22-15-18(6)19(21)17(5)13-16(4)14-20(7,8)9/h13-14,18H,10-12,15H2,1-9H3/b16-14+,17-13+/t18-/m1/s1. The number of carbonyl (C=O) groups excluding carboxylic acids is 1. The first-order chi connectivity index (χ1) is 10.5. The van der Waals surface area contributed by atoms with Crippen LogP contribution in [0.25, 0.3) is 0 Å². The molecule has 0 spiro atoms. The predicted molar refractivity (Wildman–Crippen MR) is 104 cm³/mol. The Morgan fingerprint density at radius 1 is 1.09 bits per heavy atom. The minimum Gasteiger partial charge on any atom is -0.416 e. The van der Waals surface area contributed by atoms with Crippen molar-refractivity contribution in [1.29, 1.82) is 0 Å². The van der Waals surface area contributed by atoms with Gasteiger partial charge in [-0.15, -0.1) is 0 Å². The lowest BCUT2D eigenvalue weighted by molar-refractivity contribution is -0.119. The minimum absolute atomic E-state index is 0.0646. The van der Waals surface area contributed by atoms with Crippen LogP contribution in [0.15, 0.2) is 23.3 Å². The van der Waals surface area contributed by atoms with Gasteiger partial charge in [-0.3, -0.25) is 4.79 Å². The van der Waals surface area contributed by atoms with E-state index in [0.29, 0.717) is 6.61 Å². The van der Waals surface area contributed by atoms with Crippen molar-refractivity contribution in [2.75, 3.05) is 6.61 Å². The maximum absolute atomic E-state index is 12.6. The van der Waals surface area contributed by atoms with Crippen molar-refractivity contribution in [3.63, 3.8) is 0 Å². The third-order valence-corrected chi connectivity index (χ3v) is 9.16. The molecule has 0 aromatic rings. The van der Waals surface area contributed by atoms with Crippen LogP contribution in [0, 0.1) is 11.3 Å². The molecule has 0 saturated carbocycles. The van der Waals surface area contributed by atoms with Gasteiger partial charge in [0.1, 0.15) is 0 Å². The molecule has 0 saturated heterocycles. The average molecular weight is 339 g/mol. The average Bonchev–Trinajstić information content (AvgIpc) is 2.46. The van der Waals surface area contributed by atoms with Crippen LogP contribution in [0.3, 0.4) is 0 Å². The summed E-state index contributed by atoms with van der Waals surface area (Å²) in [5, 5.41) is 0. The molecule has 2 nitrogen and oxygen atoms in total. The second-order valence-electron chi connectivity index (χ2n) is 7.90. The Balaban J connectivity index is 4.87. The molecule has 0 aromatic carbocycles. The van der Waals surface area contributed by atoms with Gasteiger partial charge in [-0.2, -0.15) is 0 Å². The molecular formula is C20H38O2Si. The fourth-order valence-electron chi connectivity index (χ4n) is 2.96. The summed E-state index contributed by atoms with van der Waals surface area (Å²) in [6, 6.07) is 3.38. The van der Waals surface area contributed by atoms with Crippen molar-refractivity contribution in [1.82, 2.24) is 0 Å². The number of rotatable bonds is 9. The summed E-state index contributed by atoms with van der Waals surface area (Å²) in [4.78, 5) is 12.6. The monoisotopic (exact) mass is 338 g/mol. The van der Waals surface area contributed by atoms with Crippen molar-refractivity contribution < 1.29 is 9.22 Å². The molecule has 0 amide bonds. The van der Waals surface area contributed by atoms with Crippen LogP contribution in [0.4, 0.5) is 0 Å². The third kappa shape index (κ3) is 8.12. The molecule has 0 N–H and O–H groups in total. The minimum atomic E-state index is -1.61. The molecule has 0 aromatic heterocycles. The number of allylic oxidation sites excluding steroid dienone is 4. The van der Waals surface area contributed by atoms with E-state index in [0.717, 1.165) is 29.3 Å². The number of hydrogen-bond donors (Lipinski definition) is 0. The van der Waals surface area contributed by atoms with Crippen molar-refractivity contribution in [3.8, 4) is 0 Å². The summed E-state index contributed by atoms with van der Waals surface area (Å²) in [6.07, 6.45) is 4.21. The lowest BCUT2D eigenvalue weighted by Crippen LogP contribution is -2.38. The topological polar surface area (TPSA) is 26.3 Å². The molecule has 0 bridgehead atoms. The second kappa shape index (κ2) is 9.58. The van der Waals surface area contributed by atoms with Gasteiger partial charge >= 0.3 is 0 Å².